The van der Waals surface area contributed by atoms with Gasteiger partial charge < -0.3 is 5.32 Å². The van der Waals surface area contributed by atoms with Crippen LogP contribution < -0.4 is 5.32 Å². The molecule has 1 heterocycles. The first-order valence-corrected chi connectivity index (χ1v) is 6.99. The average Bonchev–Trinajstić information content (AvgIpc) is 2.81. The first-order valence-electron chi connectivity index (χ1n) is 6.05. The van der Waals surface area contributed by atoms with Gasteiger partial charge in [-0.05, 0) is 26.8 Å². The molecule has 0 aromatic carbocycles. The zero-order valence-corrected chi connectivity index (χ0v) is 11.6. The molecule has 96 valence electrons. The van der Waals surface area contributed by atoms with Crippen molar-refractivity contribution in [2.45, 2.75) is 33.2 Å². The average molecular weight is 255 g/mol. The Morgan fingerprint density at radius 1 is 1.53 bits per heavy atom. The van der Waals surface area contributed by atoms with Gasteiger partial charge in [0.05, 0.1) is 5.51 Å². The number of rotatable bonds is 7. The standard InChI is InChI=1S/C12H21N3OS/c1-4-6-15(10(2)3)7-5-13-12(16)11-8-17-9-14-11/h8-10H,4-7H2,1-3H3,(H,13,16). The van der Waals surface area contributed by atoms with Crippen LogP contribution in [-0.2, 0) is 0 Å². The van der Waals surface area contributed by atoms with Crippen LogP contribution in [0.3, 0.4) is 0 Å². The lowest BCUT2D eigenvalue weighted by Gasteiger charge is -2.25. The summed E-state index contributed by atoms with van der Waals surface area (Å²) in [7, 11) is 0. The summed E-state index contributed by atoms with van der Waals surface area (Å²) >= 11 is 1.44. The molecule has 1 amide bonds. The second kappa shape index (κ2) is 7.40. The number of amides is 1. The zero-order chi connectivity index (χ0) is 12.7. The number of hydrogen-bond donors (Lipinski definition) is 1. The van der Waals surface area contributed by atoms with Gasteiger partial charge in [-0.15, -0.1) is 11.3 Å². The molecule has 0 saturated carbocycles. The topological polar surface area (TPSA) is 45.2 Å². The third-order valence-corrected chi connectivity index (χ3v) is 3.18. The van der Waals surface area contributed by atoms with E-state index in [1.54, 1.807) is 10.9 Å². The van der Waals surface area contributed by atoms with Gasteiger partial charge in [0.1, 0.15) is 5.69 Å². The lowest BCUT2D eigenvalue weighted by molar-refractivity contribution is 0.0941. The number of carbonyl (C=O) groups is 1. The second-order valence-corrected chi connectivity index (χ2v) is 4.98. The minimum atomic E-state index is -0.0774. The molecule has 1 N–H and O–H groups in total. The first kappa shape index (κ1) is 14.1. The van der Waals surface area contributed by atoms with Crippen LogP contribution in [0.1, 0.15) is 37.7 Å². The summed E-state index contributed by atoms with van der Waals surface area (Å²) in [4.78, 5) is 18.0. The predicted molar refractivity (Wildman–Crippen MR) is 71.4 cm³/mol. The Balaban J connectivity index is 2.29. The van der Waals surface area contributed by atoms with E-state index < -0.39 is 0 Å². The van der Waals surface area contributed by atoms with E-state index in [-0.39, 0.29) is 5.91 Å². The monoisotopic (exact) mass is 255 g/mol. The number of aromatic nitrogens is 1. The third kappa shape index (κ3) is 4.83. The number of hydrogen-bond acceptors (Lipinski definition) is 4. The molecule has 0 bridgehead atoms. The van der Waals surface area contributed by atoms with Crippen molar-refractivity contribution in [1.82, 2.24) is 15.2 Å². The van der Waals surface area contributed by atoms with Crippen molar-refractivity contribution < 1.29 is 4.79 Å². The minimum absolute atomic E-state index is 0.0774. The lowest BCUT2D eigenvalue weighted by atomic mass is 10.3. The molecule has 0 unspecified atom stereocenters. The fraction of sp³-hybridized carbons (Fsp3) is 0.667. The van der Waals surface area contributed by atoms with Crippen molar-refractivity contribution in [3.8, 4) is 0 Å². The smallest absolute Gasteiger partial charge is 0.270 e. The number of nitrogens with one attached hydrogen (secondary N) is 1. The van der Waals surface area contributed by atoms with Gasteiger partial charge in [0.2, 0.25) is 0 Å². The molecule has 0 aliphatic rings. The molecular formula is C12H21N3OS. The highest BCUT2D eigenvalue weighted by molar-refractivity contribution is 7.07. The van der Waals surface area contributed by atoms with Crippen LogP contribution in [0.4, 0.5) is 0 Å². The highest BCUT2D eigenvalue weighted by Crippen LogP contribution is 2.01. The largest absolute Gasteiger partial charge is 0.349 e. The van der Waals surface area contributed by atoms with Crippen LogP contribution in [0.5, 0.6) is 0 Å². The summed E-state index contributed by atoms with van der Waals surface area (Å²) in [6, 6.07) is 0.520. The van der Waals surface area contributed by atoms with Gasteiger partial charge in [-0.2, -0.15) is 0 Å². The Morgan fingerprint density at radius 3 is 2.82 bits per heavy atom. The molecule has 5 heteroatoms. The van der Waals surface area contributed by atoms with Gasteiger partial charge in [-0.25, -0.2) is 4.98 Å². The van der Waals surface area contributed by atoms with Gasteiger partial charge in [-0.3, -0.25) is 9.69 Å². The highest BCUT2D eigenvalue weighted by atomic mass is 32.1. The molecule has 0 radical (unpaired) electrons. The van der Waals surface area contributed by atoms with Crippen molar-refractivity contribution in [1.29, 1.82) is 0 Å². The Bertz CT molecular complexity index is 325. The Morgan fingerprint density at radius 2 is 2.29 bits per heavy atom. The fourth-order valence-electron chi connectivity index (χ4n) is 1.64. The van der Waals surface area contributed by atoms with E-state index in [1.165, 1.54) is 11.3 Å². The Labute approximate surface area is 107 Å². The minimum Gasteiger partial charge on any atom is -0.349 e. The summed E-state index contributed by atoms with van der Waals surface area (Å²) in [5, 5.41) is 4.66. The number of nitrogens with zero attached hydrogens (tertiary/aromatic N) is 2. The quantitative estimate of drug-likeness (QED) is 0.810. The maximum Gasteiger partial charge on any atom is 0.270 e. The molecule has 0 spiro atoms. The van der Waals surface area contributed by atoms with Crippen molar-refractivity contribution in [2.24, 2.45) is 0 Å². The van der Waals surface area contributed by atoms with E-state index in [2.05, 4.69) is 36.0 Å². The Kier molecular flexibility index (Phi) is 6.15. The molecule has 1 rings (SSSR count). The maximum absolute atomic E-state index is 11.6. The van der Waals surface area contributed by atoms with Gasteiger partial charge in [-0.1, -0.05) is 6.92 Å². The lowest BCUT2D eigenvalue weighted by Crippen LogP contribution is -2.39. The van der Waals surface area contributed by atoms with Crippen LogP contribution in [-0.4, -0.2) is 41.5 Å². The molecule has 17 heavy (non-hydrogen) atoms. The third-order valence-electron chi connectivity index (χ3n) is 2.59. The number of carbonyl (C=O) groups excluding carboxylic acids is 1. The summed E-state index contributed by atoms with van der Waals surface area (Å²) in [5.74, 6) is -0.0774. The first-order chi connectivity index (χ1) is 8.15. The van der Waals surface area contributed by atoms with Crippen molar-refractivity contribution in [3.05, 3.63) is 16.6 Å². The molecule has 0 saturated heterocycles. The molecule has 0 aliphatic carbocycles. The summed E-state index contributed by atoms with van der Waals surface area (Å²) in [6.45, 7) is 9.17. The van der Waals surface area contributed by atoms with E-state index >= 15 is 0 Å². The molecule has 0 aliphatic heterocycles. The van der Waals surface area contributed by atoms with Crippen molar-refractivity contribution in [3.63, 3.8) is 0 Å². The van der Waals surface area contributed by atoms with Gasteiger partial charge >= 0.3 is 0 Å². The van der Waals surface area contributed by atoms with E-state index in [1.807, 2.05) is 0 Å². The van der Waals surface area contributed by atoms with Gasteiger partial charge in [0.15, 0.2) is 0 Å². The normalized spacial score (nSPS) is 11.1. The van der Waals surface area contributed by atoms with Crippen LogP contribution >= 0.6 is 11.3 Å². The van der Waals surface area contributed by atoms with Crippen molar-refractivity contribution >= 4 is 17.2 Å². The summed E-state index contributed by atoms with van der Waals surface area (Å²) in [6.07, 6.45) is 1.14. The Hall–Kier alpha value is -0.940. The molecule has 0 fully saturated rings. The second-order valence-electron chi connectivity index (χ2n) is 4.26. The van der Waals surface area contributed by atoms with Gasteiger partial charge in [0, 0.05) is 24.5 Å². The molecule has 0 atom stereocenters. The summed E-state index contributed by atoms with van der Waals surface area (Å²) in [5.41, 5.74) is 2.19. The maximum atomic E-state index is 11.6. The molecule has 1 aromatic heterocycles. The molecule has 1 aromatic rings. The highest BCUT2D eigenvalue weighted by Gasteiger charge is 2.10. The molecular weight excluding hydrogens is 234 g/mol. The SMILES string of the molecule is CCCN(CCNC(=O)c1cscn1)C(C)C. The van der Waals surface area contributed by atoms with E-state index in [4.69, 9.17) is 0 Å². The van der Waals surface area contributed by atoms with Crippen LogP contribution in [0.25, 0.3) is 0 Å². The summed E-state index contributed by atoms with van der Waals surface area (Å²) < 4.78 is 0. The van der Waals surface area contributed by atoms with E-state index in [9.17, 15) is 4.79 Å². The van der Waals surface area contributed by atoms with Gasteiger partial charge in [0.25, 0.3) is 5.91 Å². The van der Waals surface area contributed by atoms with Crippen LogP contribution in [0, 0.1) is 0 Å². The zero-order valence-electron chi connectivity index (χ0n) is 10.8. The van der Waals surface area contributed by atoms with E-state index in [0.717, 1.165) is 19.5 Å². The molecule has 4 nitrogen and oxygen atoms in total. The van der Waals surface area contributed by atoms with Crippen LogP contribution in [0.2, 0.25) is 0 Å². The van der Waals surface area contributed by atoms with E-state index in [0.29, 0.717) is 18.3 Å². The fourth-order valence-corrected chi connectivity index (χ4v) is 2.18. The van der Waals surface area contributed by atoms with Crippen molar-refractivity contribution in [2.75, 3.05) is 19.6 Å². The predicted octanol–water partition coefficient (Wildman–Crippen LogP) is 1.99. The number of thiazole rings is 1. The van der Waals surface area contributed by atoms with Crippen LogP contribution in [0.15, 0.2) is 10.9 Å².